The van der Waals surface area contributed by atoms with E-state index in [1.54, 1.807) is 6.08 Å². The fourth-order valence-electron chi connectivity index (χ4n) is 7.44. The Morgan fingerprint density at radius 2 is 1.91 bits per heavy atom. The minimum atomic E-state index is -0.727. The van der Waals surface area contributed by atoms with Crippen LogP contribution in [0.2, 0.25) is 0 Å². The van der Waals surface area contributed by atoms with Crippen molar-refractivity contribution < 1.29 is 24.4 Å². The molecular formula is C27H36N2O6. The van der Waals surface area contributed by atoms with Gasteiger partial charge in [-0.1, -0.05) is 33.8 Å². The van der Waals surface area contributed by atoms with E-state index >= 15 is 0 Å². The molecule has 0 radical (unpaired) electrons. The van der Waals surface area contributed by atoms with Crippen LogP contribution in [-0.2, 0) is 9.53 Å². The number of nitro benzene ring substituents is 1. The third-order valence-corrected chi connectivity index (χ3v) is 9.88. The third-order valence-electron chi connectivity index (χ3n) is 9.88. The number of ether oxygens (including phenoxy) is 1. The van der Waals surface area contributed by atoms with E-state index in [1.165, 1.54) is 24.3 Å². The maximum atomic E-state index is 13.4. The summed E-state index contributed by atoms with van der Waals surface area (Å²) in [5, 5.41) is 25.1. The molecule has 0 saturated heterocycles. The van der Waals surface area contributed by atoms with Gasteiger partial charge in [0.15, 0.2) is 0 Å². The molecule has 0 unspecified atom stereocenters. The maximum Gasteiger partial charge on any atom is 0.411 e. The summed E-state index contributed by atoms with van der Waals surface area (Å²) in [6, 6.07) is 5.53. The van der Waals surface area contributed by atoms with Crippen molar-refractivity contribution in [3.8, 4) is 0 Å². The number of ketones is 1. The van der Waals surface area contributed by atoms with Crippen LogP contribution in [0.15, 0.2) is 36.9 Å². The Morgan fingerprint density at radius 3 is 2.51 bits per heavy atom. The predicted octanol–water partition coefficient (Wildman–Crippen LogP) is 5.51. The Balaban J connectivity index is 1.71. The average Bonchev–Trinajstić information content (AvgIpc) is 3.18. The van der Waals surface area contributed by atoms with E-state index in [0.29, 0.717) is 18.5 Å². The minimum Gasteiger partial charge on any atom is -0.445 e. The monoisotopic (exact) mass is 484 g/mol. The number of aliphatic hydroxyl groups excluding tert-OH is 1. The number of anilines is 1. The number of nitrogens with zero attached hydrogens (tertiary/aromatic N) is 1. The van der Waals surface area contributed by atoms with Gasteiger partial charge in [0.1, 0.15) is 11.9 Å². The van der Waals surface area contributed by atoms with Crippen molar-refractivity contribution in [1.82, 2.24) is 0 Å². The fourth-order valence-corrected chi connectivity index (χ4v) is 7.44. The summed E-state index contributed by atoms with van der Waals surface area (Å²) < 4.78 is 6.11. The molecule has 8 atom stereocenters. The number of hydrogen-bond acceptors (Lipinski definition) is 6. The molecule has 3 saturated carbocycles. The van der Waals surface area contributed by atoms with E-state index in [-0.39, 0.29) is 34.6 Å². The number of rotatable bonds is 4. The topological polar surface area (TPSA) is 119 Å². The van der Waals surface area contributed by atoms with Gasteiger partial charge in [0, 0.05) is 41.0 Å². The Kier molecular flexibility index (Phi) is 6.32. The zero-order valence-electron chi connectivity index (χ0n) is 21.0. The van der Waals surface area contributed by atoms with Crippen LogP contribution in [0.25, 0.3) is 0 Å². The van der Waals surface area contributed by atoms with Gasteiger partial charge in [-0.15, -0.1) is 6.58 Å². The van der Waals surface area contributed by atoms with Gasteiger partial charge in [0.05, 0.1) is 11.0 Å². The molecule has 1 aromatic rings. The molecule has 3 fully saturated rings. The van der Waals surface area contributed by atoms with E-state index in [9.17, 15) is 24.8 Å². The van der Waals surface area contributed by atoms with Crippen LogP contribution in [0.3, 0.4) is 0 Å². The number of carbonyl (C=O) groups is 2. The second-order valence-corrected chi connectivity index (χ2v) is 11.4. The lowest BCUT2D eigenvalue weighted by Crippen LogP contribution is -2.63. The summed E-state index contributed by atoms with van der Waals surface area (Å²) in [5.74, 6) is -0.0559. The highest BCUT2D eigenvalue weighted by atomic mass is 16.6. The summed E-state index contributed by atoms with van der Waals surface area (Å²) in [6.45, 7) is 12.2. The van der Waals surface area contributed by atoms with Crippen molar-refractivity contribution in [2.24, 2.45) is 34.0 Å². The molecule has 0 heterocycles. The number of Topliss-reactive ketones (excluding diaryl/α,β-unsaturated/α-hetero) is 1. The Labute approximate surface area is 206 Å². The highest BCUT2D eigenvalue weighted by Crippen LogP contribution is 2.68. The van der Waals surface area contributed by atoms with Gasteiger partial charge in [-0.05, 0) is 55.1 Å². The van der Waals surface area contributed by atoms with Gasteiger partial charge in [-0.2, -0.15) is 0 Å². The van der Waals surface area contributed by atoms with E-state index in [2.05, 4.69) is 32.7 Å². The van der Waals surface area contributed by atoms with Crippen molar-refractivity contribution in [2.75, 3.05) is 5.32 Å². The van der Waals surface area contributed by atoms with Crippen molar-refractivity contribution in [2.45, 2.75) is 72.0 Å². The van der Waals surface area contributed by atoms with Crippen molar-refractivity contribution in [3.63, 3.8) is 0 Å². The molecule has 8 nitrogen and oxygen atoms in total. The summed E-state index contributed by atoms with van der Waals surface area (Å²) in [7, 11) is 0. The molecular weight excluding hydrogens is 448 g/mol. The summed E-state index contributed by atoms with van der Waals surface area (Å²) in [5.41, 5.74) is -1.34. The number of aliphatic hydroxyl groups is 1. The lowest BCUT2D eigenvalue weighted by atomic mass is 9.44. The molecule has 0 spiro atoms. The Morgan fingerprint density at radius 1 is 1.26 bits per heavy atom. The average molecular weight is 485 g/mol. The fraction of sp³-hybridized carbons (Fsp3) is 0.630. The summed E-state index contributed by atoms with van der Waals surface area (Å²) in [6.07, 6.45) is 3.05. The van der Waals surface area contributed by atoms with Crippen LogP contribution in [0, 0.1) is 44.1 Å². The zero-order chi connectivity index (χ0) is 25.8. The molecule has 8 heteroatoms. The quantitative estimate of drug-likeness (QED) is 0.331. The van der Waals surface area contributed by atoms with Crippen LogP contribution in [0.4, 0.5) is 16.2 Å². The van der Waals surface area contributed by atoms with Crippen LogP contribution in [-0.4, -0.2) is 34.1 Å². The highest BCUT2D eigenvalue weighted by molar-refractivity contribution is 5.86. The molecule has 2 bridgehead atoms. The first kappa shape index (κ1) is 25.4. The van der Waals surface area contributed by atoms with Gasteiger partial charge < -0.3 is 9.84 Å². The number of benzene rings is 1. The number of non-ortho nitro benzene ring substituents is 1. The van der Waals surface area contributed by atoms with E-state index in [0.717, 1.165) is 19.3 Å². The molecule has 190 valence electrons. The normalized spacial score (nSPS) is 40.7. The van der Waals surface area contributed by atoms with Crippen molar-refractivity contribution in [3.05, 3.63) is 47.0 Å². The van der Waals surface area contributed by atoms with Gasteiger partial charge in [0.25, 0.3) is 5.69 Å². The highest BCUT2D eigenvalue weighted by Gasteiger charge is 2.68. The van der Waals surface area contributed by atoms with Crippen LogP contribution >= 0.6 is 0 Å². The molecule has 2 N–H and O–H groups in total. The third kappa shape index (κ3) is 3.86. The van der Waals surface area contributed by atoms with Crippen molar-refractivity contribution in [1.29, 1.82) is 0 Å². The Hall–Kier alpha value is -2.74. The van der Waals surface area contributed by atoms with E-state index in [1.807, 2.05) is 6.92 Å². The van der Waals surface area contributed by atoms with Crippen LogP contribution in [0.5, 0.6) is 0 Å². The summed E-state index contributed by atoms with van der Waals surface area (Å²) >= 11 is 0. The standard InChI is InChI=1S/C27H36N2O6/c1-6-25(4)15-21(35-24(32)28-18-7-9-19(10-8-18)29(33)34)26(5)16(2)11-13-27(17(3)23(25)31)14-12-20(30)22(26)27/h6-10,16-17,21-23,31H,1,11-15H2,2-5H3,(H,28,32)/t16-,17+,21-,22+,23+,25-,26+,27+/m1/s1. The molecule has 4 rings (SSSR count). The molecule has 1 aromatic carbocycles. The number of nitrogens with one attached hydrogen (secondary N) is 1. The molecule has 3 aliphatic rings. The van der Waals surface area contributed by atoms with Crippen LogP contribution in [0.1, 0.15) is 59.8 Å². The Bertz CT molecular complexity index is 1040. The first-order valence-corrected chi connectivity index (χ1v) is 12.5. The first-order valence-electron chi connectivity index (χ1n) is 12.5. The molecule has 0 aliphatic heterocycles. The number of carbonyl (C=O) groups excluding carboxylic acids is 2. The number of amides is 1. The second kappa shape index (κ2) is 8.73. The second-order valence-electron chi connectivity index (χ2n) is 11.4. The minimum absolute atomic E-state index is 0.0755. The van der Waals surface area contributed by atoms with Gasteiger partial charge >= 0.3 is 6.09 Å². The number of hydrogen-bond donors (Lipinski definition) is 2. The largest absolute Gasteiger partial charge is 0.445 e. The predicted molar refractivity (Wildman–Crippen MR) is 132 cm³/mol. The van der Waals surface area contributed by atoms with Crippen LogP contribution < -0.4 is 5.32 Å². The molecule has 35 heavy (non-hydrogen) atoms. The van der Waals surface area contributed by atoms with Gasteiger partial charge in [-0.25, -0.2) is 4.79 Å². The zero-order valence-corrected chi connectivity index (χ0v) is 21.0. The lowest BCUT2D eigenvalue weighted by Gasteiger charge is -2.61. The van der Waals surface area contributed by atoms with E-state index < -0.39 is 34.1 Å². The summed E-state index contributed by atoms with van der Waals surface area (Å²) in [4.78, 5) is 36.9. The van der Waals surface area contributed by atoms with E-state index in [4.69, 9.17) is 4.74 Å². The lowest BCUT2D eigenvalue weighted by molar-refractivity contribution is -0.384. The molecule has 1 amide bonds. The molecule has 3 aliphatic carbocycles. The van der Waals surface area contributed by atoms with Gasteiger partial charge in [0.2, 0.25) is 0 Å². The maximum absolute atomic E-state index is 13.4. The van der Waals surface area contributed by atoms with Crippen molar-refractivity contribution >= 4 is 23.3 Å². The first-order chi connectivity index (χ1) is 16.4. The molecule has 0 aromatic heterocycles. The number of nitro groups is 1. The van der Waals surface area contributed by atoms with Gasteiger partial charge in [-0.3, -0.25) is 20.2 Å². The SMILES string of the molecule is C=C[C@]1(C)C[C@@H](OC(=O)Nc2ccc([N+](=O)[O-])cc2)[C@]2(C)[C@H](C)CC[C@]3(CCC(=O)[C@H]32)[C@@H](C)[C@@H]1O. The smallest absolute Gasteiger partial charge is 0.411 e.